The maximum atomic E-state index is 13.2. The van der Waals surface area contributed by atoms with Crippen molar-refractivity contribution in [3.8, 4) is 0 Å². The minimum Gasteiger partial charge on any atom is -0.294 e. The lowest BCUT2D eigenvalue weighted by Gasteiger charge is -2.41. The number of Topliss-reactive ketones (excluding diaryl/α,β-unsaturated/α-hetero) is 1. The lowest BCUT2D eigenvalue weighted by molar-refractivity contribution is -0.136. The molecule has 0 bridgehead atoms. The van der Waals surface area contributed by atoms with E-state index in [1.54, 1.807) is 69.3 Å². The third-order valence-electron chi connectivity index (χ3n) is 4.86. The molecule has 2 amide bonds. The molecule has 1 aliphatic rings. The van der Waals surface area contributed by atoms with Crippen LogP contribution in [0.15, 0.2) is 53.0 Å². The van der Waals surface area contributed by atoms with E-state index < -0.39 is 5.41 Å². The zero-order chi connectivity index (χ0) is 19.1. The number of nitrogens with zero attached hydrogens (tertiary/aromatic N) is 1. The molecule has 26 heavy (non-hydrogen) atoms. The fourth-order valence-electron chi connectivity index (χ4n) is 3.45. The molecule has 0 aliphatic carbocycles. The van der Waals surface area contributed by atoms with Crippen LogP contribution in [0.25, 0.3) is 0 Å². The normalized spacial score (nSPS) is 19.7. The molecule has 3 rings (SSSR count). The molecule has 2 aromatic carbocycles. The van der Waals surface area contributed by atoms with Crippen LogP contribution in [0.4, 0.5) is 0 Å². The second kappa shape index (κ2) is 6.80. The summed E-state index contributed by atoms with van der Waals surface area (Å²) in [6.07, 6.45) is 0.0149. The first-order valence-electron chi connectivity index (χ1n) is 8.52. The Hall–Kier alpha value is -2.27. The molecule has 1 aliphatic heterocycles. The van der Waals surface area contributed by atoms with Gasteiger partial charge in [0.2, 0.25) is 5.91 Å². The predicted molar refractivity (Wildman–Crippen MR) is 103 cm³/mol. The van der Waals surface area contributed by atoms with Gasteiger partial charge in [-0.15, -0.1) is 0 Å². The number of carbonyl (C=O) groups excluding carboxylic acids is 3. The van der Waals surface area contributed by atoms with Gasteiger partial charge in [-0.1, -0.05) is 46.3 Å². The summed E-state index contributed by atoms with van der Waals surface area (Å²) in [7, 11) is 0. The summed E-state index contributed by atoms with van der Waals surface area (Å²) in [6.45, 7) is 5.37. The Morgan fingerprint density at radius 3 is 2.31 bits per heavy atom. The molecular weight excluding hydrogens is 394 g/mol. The van der Waals surface area contributed by atoms with Gasteiger partial charge in [-0.3, -0.25) is 19.3 Å². The van der Waals surface area contributed by atoms with Crippen molar-refractivity contribution in [3.63, 3.8) is 0 Å². The highest BCUT2D eigenvalue weighted by Crippen LogP contribution is 2.39. The largest absolute Gasteiger partial charge is 0.294 e. The van der Waals surface area contributed by atoms with E-state index in [0.29, 0.717) is 16.7 Å². The van der Waals surface area contributed by atoms with Gasteiger partial charge in [0, 0.05) is 28.1 Å². The molecule has 1 atom stereocenters. The quantitative estimate of drug-likeness (QED) is 0.552. The van der Waals surface area contributed by atoms with E-state index in [1.807, 2.05) is 0 Å². The van der Waals surface area contributed by atoms with E-state index >= 15 is 0 Å². The van der Waals surface area contributed by atoms with E-state index in [4.69, 9.17) is 0 Å². The maximum absolute atomic E-state index is 13.2. The Morgan fingerprint density at radius 2 is 1.69 bits per heavy atom. The molecule has 0 N–H and O–H groups in total. The highest BCUT2D eigenvalue weighted by atomic mass is 79.9. The molecule has 134 valence electrons. The maximum Gasteiger partial charge on any atom is 0.261 e. The Kier molecular flexibility index (Phi) is 4.84. The van der Waals surface area contributed by atoms with Gasteiger partial charge < -0.3 is 0 Å². The average Bonchev–Trinajstić information content (AvgIpc) is 2.60. The number of rotatable bonds is 4. The van der Waals surface area contributed by atoms with E-state index in [2.05, 4.69) is 15.9 Å². The molecule has 0 radical (unpaired) electrons. The van der Waals surface area contributed by atoms with Crippen molar-refractivity contribution in [1.29, 1.82) is 0 Å². The highest BCUT2D eigenvalue weighted by Gasteiger charge is 2.49. The SMILES string of the molecule is CC(C)N1C(=O)c2ccccc2C(C)(CC(=O)c2ccc(Br)cc2)C1=O. The molecule has 4 nitrogen and oxygen atoms in total. The summed E-state index contributed by atoms with van der Waals surface area (Å²) < 4.78 is 0.885. The van der Waals surface area contributed by atoms with Crippen molar-refractivity contribution in [2.24, 2.45) is 0 Å². The van der Waals surface area contributed by atoms with Crippen molar-refractivity contribution in [2.45, 2.75) is 38.6 Å². The van der Waals surface area contributed by atoms with Crippen LogP contribution in [0.5, 0.6) is 0 Å². The van der Waals surface area contributed by atoms with Gasteiger partial charge in [-0.25, -0.2) is 0 Å². The van der Waals surface area contributed by atoms with Gasteiger partial charge >= 0.3 is 0 Å². The molecule has 0 saturated heterocycles. The van der Waals surface area contributed by atoms with Crippen molar-refractivity contribution < 1.29 is 14.4 Å². The number of hydrogen-bond donors (Lipinski definition) is 0. The number of amides is 2. The third-order valence-corrected chi connectivity index (χ3v) is 5.39. The molecule has 5 heteroatoms. The fraction of sp³-hybridized carbons (Fsp3) is 0.286. The first-order valence-corrected chi connectivity index (χ1v) is 9.31. The molecule has 1 heterocycles. The summed E-state index contributed by atoms with van der Waals surface area (Å²) in [5, 5.41) is 0. The third kappa shape index (κ3) is 3.01. The van der Waals surface area contributed by atoms with E-state index in [1.165, 1.54) is 4.90 Å². The summed E-state index contributed by atoms with van der Waals surface area (Å²) >= 11 is 3.36. The predicted octanol–water partition coefficient (Wildman–Crippen LogP) is 4.37. The van der Waals surface area contributed by atoms with Gasteiger partial charge in [0.1, 0.15) is 0 Å². The second-order valence-corrected chi connectivity index (χ2v) is 7.97. The van der Waals surface area contributed by atoms with Crippen molar-refractivity contribution in [3.05, 3.63) is 69.7 Å². The van der Waals surface area contributed by atoms with Crippen LogP contribution in [0.1, 0.15) is 53.5 Å². The minimum absolute atomic E-state index is 0.0149. The number of ketones is 1. The van der Waals surface area contributed by atoms with Gasteiger partial charge in [0.05, 0.1) is 5.41 Å². The van der Waals surface area contributed by atoms with Gasteiger partial charge in [0.25, 0.3) is 5.91 Å². The molecule has 0 spiro atoms. The number of fused-ring (bicyclic) bond motifs is 1. The first-order chi connectivity index (χ1) is 12.3. The fourth-order valence-corrected chi connectivity index (χ4v) is 3.72. The molecule has 0 saturated carbocycles. The zero-order valence-corrected chi connectivity index (χ0v) is 16.5. The van der Waals surface area contributed by atoms with Crippen LogP contribution in [0, 0.1) is 0 Å². The van der Waals surface area contributed by atoms with Crippen LogP contribution in [-0.2, 0) is 10.2 Å². The second-order valence-electron chi connectivity index (χ2n) is 7.06. The van der Waals surface area contributed by atoms with Gasteiger partial charge in [-0.2, -0.15) is 0 Å². The topological polar surface area (TPSA) is 54.5 Å². The van der Waals surface area contributed by atoms with Gasteiger partial charge in [0.15, 0.2) is 5.78 Å². The summed E-state index contributed by atoms with van der Waals surface area (Å²) in [5.74, 6) is -0.739. The summed E-state index contributed by atoms with van der Waals surface area (Å²) in [6, 6.07) is 13.9. The van der Waals surface area contributed by atoms with Crippen LogP contribution >= 0.6 is 15.9 Å². The van der Waals surface area contributed by atoms with Crippen molar-refractivity contribution in [2.75, 3.05) is 0 Å². The Balaban J connectivity index is 2.06. The highest BCUT2D eigenvalue weighted by molar-refractivity contribution is 9.10. The van der Waals surface area contributed by atoms with Crippen LogP contribution in [-0.4, -0.2) is 28.5 Å². The van der Waals surface area contributed by atoms with E-state index in [0.717, 1.165) is 4.47 Å². The average molecular weight is 414 g/mol. The lowest BCUT2D eigenvalue weighted by Crippen LogP contribution is -2.56. The molecule has 0 fully saturated rings. The minimum atomic E-state index is -1.07. The van der Waals surface area contributed by atoms with Crippen molar-refractivity contribution in [1.82, 2.24) is 4.90 Å². The van der Waals surface area contributed by atoms with Crippen LogP contribution in [0.2, 0.25) is 0 Å². The number of hydrogen-bond acceptors (Lipinski definition) is 3. The lowest BCUT2D eigenvalue weighted by atomic mass is 9.71. The van der Waals surface area contributed by atoms with Gasteiger partial charge in [-0.05, 0) is 44.5 Å². The summed E-state index contributed by atoms with van der Waals surface area (Å²) in [4.78, 5) is 40.1. The number of halogens is 1. The zero-order valence-electron chi connectivity index (χ0n) is 15.0. The standard InChI is InChI=1S/C21H20BrNO3/c1-13(2)23-19(25)16-6-4-5-7-17(16)21(3,20(23)26)12-18(24)14-8-10-15(22)11-9-14/h4-11,13H,12H2,1-3H3. The number of imide groups is 1. The summed E-state index contributed by atoms with van der Waals surface area (Å²) in [5.41, 5.74) is 0.593. The van der Waals surface area contributed by atoms with Crippen molar-refractivity contribution >= 4 is 33.5 Å². The Morgan fingerprint density at radius 1 is 1.08 bits per heavy atom. The van der Waals surface area contributed by atoms with Crippen LogP contribution in [0.3, 0.4) is 0 Å². The van der Waals surface area contributed by atoms with Crippen LogP contribution < -0.4 is 0 Å². The molecular formula is C21H20BrNO3. The number of carbonyl (C=O) groups is 3. The molecule has 0 aromatic heterocycles. The Labute approximate surface area is 161 Å². The first kappa shape index (κ1) is 18.5. The van der Waals surface area contributed by atoms with E-state index in [-0.39, 0.29) is 30.1 Å². The molecule has 2 aromatic rings. The smallest absolute Gasteiger partial charge is 0.261 e. The monoisotopic (exact) mass is 413 g/mol. The number of benzene rings is 2. The van der Waals surface area contributed by atoms with E-state index in [9.17, 15) is 14.4 Å². The Bertz CT molecular complexity index is 888. The molecule has 1 unspecified atom stereocenters.